The molecule has 2 unspecified atom stereocenters. The van der Waals surface area contributed by atoms with Crippen molar-refractivity contribution < 1.29 is 13.2 Å². The van der Waals surface area contributed by atoms with Crippen molar-refractivity contribution in [3.05, 3.63) is 29.8 Å². The smallest absolute Gasteiger partial charge is 0.251 e. The highest BCUT2D eigenvalue weighted by Gasteiger charge is 2.23. The number of benzene rings is 1. The van der Waals surface area contributed by atoms with Gasteiger partial charge in [0, 0.05) is 23.2 Å². The minimum absolute atomic E-state index is 0.173. The summed E-state index contributed by atoms with van der Waals surface area (Å²) in [6.45, 7) is 0.643. The molecule has 0 aliphatic heterocycles. The van der Waals surface area contributed by atoms with Gasteiger partial charge < -0.3 is 5.32 Å². The number of amides is 1. The lowest BCUT2D eigenvalue weighted by Gasteiger charge is -2.11. The quantitative estimate of drug-likeness (QED) is 0.839. The second-order valence-corrected chi connectivity index (χ2v) is 8.60. The summed E-state index contributed by atoms with van der Waals surface area (Å²) >= 11 is 3.58. The van der Waals surface area contributed by atoms with Gasteiger partial charge in [0.15, 0.2) is 9.84 Å². The van der Waals surface area contributed by atoms with Crippen LogP contribution in [0.15, 0.2) is 29.2 Å². The summed E-state index contributed by atoms with van der Waals surface area (Å²) in [5.41, 5.74) is 0.390. The molecule has 0 saturated heterocycles. The minimum Gasteiger partial charge on any atom is -0.352 e. The van der Waals surface area contributed by atoms with E-state index in [-0.39, 0.29) is 10.8 Å². The monoisotopic (exact) mass is 359 g/mol. The van der Waals surface area contributed by atoms with Crippen LogP contribution in [0.1, 0.15) is 29.6 Å². The third kappa shape index (κ3) is 4.06. The van der Waals surface area contributed by atoms with E-state index in [1.54, 1.807) is 12.1 Å². The van der Waals surface area contributed by atoms with Gasteiger partial charge in [-0.2, -0.15) is 0 Å². The van der Waals surface area contributed by atoms with Gasteiger partial charge in [0.25, 0.3) is 5.91 Å². The normalized spacial score (nSPS) is 22.7. The van der Waals surface area contributed by atoms with E-state index in [1.165, 1.54) is 12.1 Å². The van der Waals surface area contributed by atoms with Crippen LogP contribution in [0, 0.1) is 5.92 Å². The molecule has 1 N–H and O–H groups in total. The van der Waals surface area contributed by atoms with Crippen molar-refractivity contribution in [2.24, 2.45) is 5.92 Å². The predicted molar refractivity (Wildman–Crippen MR) is 81.9 cm³/mol. The summed E-state index contributed by atoms with van der Waals surface area (Å²) in [4.78, 5) is 12.8. The van der Waals surface area contributed by atoms with E-state index in [2.05, 4.69) is 21.2 Å². The van der Waals surface area contributed by atoms with Gasteiger partial charge in [0.05, 0.1) is 4.90 Å². The van der Waals surface area contributed by atoms with Crippen molar-refractivity contribution in [1.82, 2.24) is 5.32 Å². The van der Waals surface area contributed by atoms with Crippen molar-refractivity contribution >= 4 is 31.7 Å². The fourth-order valence-corrected chi connectivity index (χ4v) is 3.87. The maximum atomic E-state index is 12.0. The summed E-state index contributed by atoms with van der Waals surface area (Å²) in [6, 6.07) is 6.15. The molecule has 110 valence electrons. The molecule has 4 nitrogen and oxygen atoms in total. The number of halogens is 1. The standard InChI is InChI=1S/C14H18BrNO3S/c1-20(18,19)13-4-2-3-11(8-13)14(17)16-9-10-5-6-12(15)7-10/h2-4,8,10,12H,5-7,9H2,1H3,(H,16,17). The first-order chi connectivity index (χ1) is 9.36. The Labute approximate surface area is 128 Å². The molecule has 0 radical (unpaired) electrons. The summed E-state index contributed by atoms with van der Waals surface area (Å²) < 4.78 is 22.9. The molecule has 0 spiro atoms. The number of hydrogen-bond donors (Lipinski definition) is 1. The van der Waals surface area contributed by atoms with Crippen molar-refractivity contribution in [3.8, 4) is 0 Å². The van der Waals surface area contributed by atoms with Gasteiger partial charge >= 0.3 is 0 Å². The van der Waals surface area contributed by atoms with Gasteiger partial charge in [-0.3, -0.25) is 4.79 Å². The lowest BCUT2D eigenvalue weighted by atomic mass is 10.1. The molecule has 1 aromatic rings. The van der Waals surface area contributed by atoms with E-state index in [1.807, 2.05) is 0 Å². The summed E-state index contributed by atoms with van der Waals surface area (Å²) in [5.74, 6) is 0.287. The Hall–Kier alpha value is -0.880. The van der Waals surface area contributed by atoms with Crippen LogP contribution in [0.25, 0.3) is 0 Å². The van der Waals surface area contributed by atoms with Gasteiger partial charge in [0.1, 0.15) is 0 Å². The second kappa shape index (κ2) is 6.26. The van der Waals surface area contributed by atoms with Crippen LogP contribution in [0.5, 0.6) is 0 Å². The highest BCUT2D eigenvalue weighted by atomic mass is 79.9. The van der Waals surface area contributed by atoms with E-state index in [9.17, 15) is 13.2 Å². The van der Waals surface area contributed by atoms with E-state index in [0.29, 0.717) is 22.9 Å². The lowest BCUT2D eigenvalue weighted by molar-refractivity contribution is 0.0947. The molecule has 0 heterocycles. The number of nitrogens with one attached hydrogen (secondary N) is 1. The zero-order chi connectivity index (χ0) is 14.8. The summed E-state index contributed by atoms with van der Waals surface area (Å²) in [6.07, 6.45) is 4.46. The average molecular weight is 360 g/mol. The lowest BCUT2D eigenvalue weighted by Crippen LogP contribution is -2.28. The van der Waals surface area contributed by atoms with Crippen LogP contribution in [0.4, 0.5) is 0 Å². The number of sulfone groups is 1. The Morgan fingerprint density at radius 2 is 2.15 bits per heavy atom. The number of rotatable bonds is 4. The summed E-state index contributed by atoms with van der Waals surface area (Å²) in [7, 11) is -3.28. The van der Waals surface area contributed by atoms with Gasteiger partial charge in [-0.15, -0.1) is 0 Å². The van der Waals surface area contributed by atoms with Crippen molar-refractivity contribution in [1.29, 1.82) is 0 Å². The molecule has 0 aromatic heterocycles. The Morgan fingerprint density at radius 3 is 2.75 bits per heavy atom. The zero-order valence-electron chi connectivity index (χ0n) is 11.3. The minimum atomic E-state index is -3.28. The number of carbonyl (C=O) groups is 1. The molecule has 2 atom stereocenters. The van der Waals surface area contributed by atoms with Crippen molar-refractivity contribution in [2.75, 3.05) is 12.8 Å². The van der Waals surface area contributed by atoms with Crippen molar-refractivity contribution in [2.45, 2.75) is 29.0 Å². The Balaban J connectivity index is 1.99. The number of hydrogen-bond acceptors (Lipinski definition) is 3. The Bertz CT molecular complexity index is 600. The summed E-state index contributed by atoms with van der Waals surface area (Å²) in [5, 5.41) is 2.89. The third-order valence-corrected chi connectivity index (χ3v) is 5.49. The van der Waals surface area contributed by atoms with Crippen LogP contribution in [0.2, 0.25) is 0 Å². The molecule has 1 aliphatic carbocycles. The van der Waals surface area contributed by atoms with Crippen LogP contribution in [0.3, 0.4) is 0 Å². The fourth-order valence-electron chi connectivity index (χ4n) is 2.41. The fraction of sp³-hybridized carbons (Fsp3) is 0.500. The zero-order valence-corrected chi connectivity index (χ0v) is 13.7. The average Bonchev–Trinajstić information content (AvgIpc) is 2.81. The molecule has 2 rings (SSSR count). The third-order valence-electron chi connectivity index (χ3n) is 3.55. The molecule has 1 fully saturated rings. The molecule has 6 heteroatoms. The van der Waals surface area contributed by atoms with Crippen LogP contribution in [-0.2, 0) is 9.84 Å². The second-order valence-electron chi connectivity index (χ2n) is 5.29. The largest absolute Gasteiger partial charge is 0.352 e. The molecular formula is C14H18BrNO3S. The first-order valence-corrected chi connectivity index (χ1v) is 9.39. The van der Waals surface area contributed by atoms with Gasteiger partial charge in [-0.05, 0) is 43.4 Å². The molecule has 0 bridgehead atoms. The number of carbonyl (C=O) groups excluding carboxylic acids is 1. The topological polar surface area (TPSA) is 63.2 Å². The maximum Gasteiger partial charge on any atom is 0.251 e. The van der Waals surface area contributed by atoms with Gasteiger partial charge in [-0.1, -0.05) is 22.0 Å². The van der Waals surface area contributed by atoms with E-state index in [4.69, 9.17) is 0 Å². The van der Waals surface area contributed by atoms with Gasteiger partial charge in [-0.25, -0.2) is 8.42 Å². The first-order valence-electron chi connectivity index (χ1n) is 6.58. The Morgan fingerprint density at radius 1 is 1.40 bits per heavy atom. The van der Waals surface area contributed by atoms with Crippen molar-refractivity contribution in [3.63, 3.8) is 0 Å². The Kier molecular flexibility index (Phi) is 4.86. The van der Waals surface area contributed by atoms with Crippen LogP contribution in [-0.4, -0.2) is 32.0 Å². The molecule has 1 aliphatic rings. The van der Waals surface area contributed by atoms with E-state index < -0.39 is 9.84 Å². The van der Waals surface area contributed by atoms with Gasteiger partial charge in [0.2, 0.25) is 0 Å². The highest BCUT2D eigenvalue weighted by molar-refractivity contribution is 9.09. The van der Waals surface area contributed by atoms with Crippen LogP contribution < -0.4 is 5.32 Å². The highest BCUT2D eigenvalue weighted by Crippen LogP contribution is 2.30. The SMILES string of the molecule is CS(=O)(=O)c1cccc(C(=O)NCC2CCC(Br)C2)c1. The van der Waals surface area contributed by atoms with E-state index >= 15 is 0 Å². The predicted octanol–water partition coefficient (Wildman–Crippen LogP) is 2.38. The molecule has 1 aromatic carbocycles. The molecule has 20 heavy (non-hydrogen) atoms. The van der Waals surface area contributed by atoms with Crippen LogP contribution >= 0.6 is 15.9 Å². The number of alkyl halides is 1. The maximum absolute atomic E-state index is 12.0. The van der Waals surface area contributed by atoms with E-state index in [0.717, 1.165) is 25.5 Å². The molecule has 1 saturated carbocycles. The molecular weight excluding hydrogens is 342 g/mol. The molecule has 1 amide bonds. The first kappa shape index (κ1) is 15.5.